The molecule has 2 aliphatic rings. The zero-order chi connectivity index (χ0) is 18.1. The number of nitrogens with one attached hydrogen (secondary N) is 2. The molecular formula is C20H25N7. The van der Waals surface area contributed by atoms with Crippen LogP contribution in [0.5, 0.6) is 0 Å². The molecule has 0 aromatic carbocycles. The number of hydrogen-bond acceptors (Lipinski definition) is 6. The van der Waals surface area contributed by atoms with E-state index in [1.165, 1.54) is 25.7 Å². The summed E-state index contributed by atoms with van der Waals surface area (Å²) in [5.74, 6) is 1.37. The van der Waals surface area contributed by atoms with Crippen molar-refractivity contribution < 1.29 is 0 Å². The van der Waals surface area contributed by atoms with Gasteiger partial charge in [-0.3, -0.25) is 0 Å². The molecule has 5 rings (SSSR count). The fraction of sp³-hybridized carbons (Fsp3) is 0.450. The molecule has 3 aromatic heterocycles. The second-order valence-electron chi connectivity index (χ2n) is 7.40. The highest BCUT2D eigenvalue weighted by Crippen LogP contribution is 2.32. The van der Waals surface area contributed by atoms with Crippen LogP contribution in [0, 0.1) is 0 Å². The third-order valence-corrected chi connectivity index (χ3v) is 5.64. The molecule has 7 heteroatoms. The molecule has 3 aromatic rings. The number of nitrogens with zero attached hydrogens (tertiary/aromatic N) is 5. The zero-order valence-electron chi connectivity index (χ0n) is 15.4. The Morgan fingerprint density at radius 2 is 1.85 bits per heavy atom. The van der Waals surface area contributed by atoms with Gasteiger partial charge in [-0.2, -0.15) is 4.98 Å². The molecule has 1 saturated carbocycles. The Labute approximate surface area is 158 Å². The van der Waals surface area contributed by atoms with Gasteiger partial charge in [0.1, 0.15) is 11.5 Å². The van der Waals surface area contributed by atoms with Crippen molar-refractivity contribution in [3.05, 3.63) is 36.8 Å². The van der Waals surface area contributed by atoms with Gasteiger partial charge in [-0.15, -0.1) is 0 Å². The highest BCUT2D eigenvalue weighted by atomic mass is 15.2. The summed E-state index contributed by atoms with van der Waals surface area (Å²) in [6, 6.07) is 6.79. The summed E-state index contributed by atoms with van der Waals surface area (Å²) in [6.07, 6.45) is 11.1. The average Bonchev–Trinajstić information content (AvgIpc) is 3.38. The molecule has 4 heterocycles. The molecular weight excluding hydrogens is 338 g/mol. The summed E-state index contributed by atoms with van der Waals surface area (Å²) in [5, 5.41) is 7.72. The van der Waals surface area contributed by atoms with Crippen molar-refractivity contribution in [2.75, 3.05) is 36.4 Å². The monoisotopic (exact) mass is 363 g/mol. The summed E-state index contributed by atoms with van der Waals surface area (Å²) in [4.78, 5) is 16.1. The van der Waals surface area contributed by atoms with Crippen LogP contribution >= 0.6 is 0 Å². The standard InChI is InChI=1S/C20H25N7/c1-2-4-16(3-1)27-10-7-15-13-23-20(25-19(15)27)24-18-6-5-17(14-22-18)26-11-8-21-9-12-26/h5-7,10,13-14,16,21H,1-4,8-9,11-12H2,(H,22,23,24,25). The lowest BCUT2D eigenvalue weighted by molar-refractivity contribution is 0.532. The van der Waals surface area contributed by atoms with Gasteiger partial charge < -0.3 is 20.1 Å². The Morgan fingerprint density at radius 1 is 1.00 bits per heavy atom. The Balaban J connectivity index is 1.35. The van der Waals surface area contributed by atoms with Crippen molar-refractivity contribution in [2.24, 2.45) is 0 Å². The first-order valence-corrected chi connectivity index (χ1v) is 9.89. The molecule has 0 radical (unpaired) electrons. The van der Waals surface area contributed by atoms with E-state index >= 15 is 0 Å². The Morgan fingerprint density at radius 3 is 2.63 bits per heavy atom. The summed E-state index contributed by atoms with van der Waals surface area (Å²) < 4.78 is 2.32. The molecule has 0 amide bonds. The average molecular weight is 363 g/mol. The maximum absolute atomic E-state index is 4.77. The van der Waals surface area contributed by atoms with Crippen LogP contribution in [0.1, 0.15) is 31.7 Å². The highest BCUT2D eigenvalue weighted by Gasteiger charge is 2.19. The fourth-order valence-corrected chi connectivity index (χ4v) is 4.16. The van der Waals surface area contributed by atoms with Crippen LogP contribution in [-0.2, 0) is 0 Å². The van der Waals surface area contributed by atoms with Gasteiger partial charge in [0.2, 0.25) is 5.95 Å². The number of piperazine rings is 1. The van der Waals surface area contributed by atoms with E-state index in [9.17, 15) is 0 Å². The van der Waals surface area contributed by atoms with Crippen molar-refractivity contribution in [1.82, 2.24) is 24.8 Å². The van der Waals surface area contributed by atoms with Gasteiger partial charge in [0.05, 0.1) is 11.9 Å². The molecule has 140 valence electrons. The van der Waals surface area contributed by atoms with Crippen LogP contribution in [0.25, 0.3) is 11.0 Å². The number of anilines is 3. The minimum atomic E-state index is 0.571. The third-order valence-electron chi connectivity index (χ3n) is 5.64. The lowest BCUT2D eigenvalue weighted by atomic mass is 10.2. The van der Waals surface area contributed by atoms with Gasteiger partial charge in [0.25, 0.3) is 0 Å². The largest absolute Gasteiger partial charge is 0.368 e. The predicted molar refractivity (Wildman–Crippen MR) is 108 cm³/mol. The molecule has 1 saturated heterocycles. The molecule has 0 atom stereocenters. The zero-order valence-corrected chi connectivity index (χ0v) is 15.4. The van der Waals surface area contributed by atoms with Crippen LogP contribution in [0.3, 0.4) is 0 Å². The normalized spacial score (nSPS) is 18.3. The van der Waals surface area contributed by atoms with Gasteiger partial charge in [-0.1, -0.05) is 12.8 Å². The summed E-state index contributed by atoms with van der Waals surface area (Å²) in [5.41, 5.74) is 2.17. The van der Waals surface area contributed by atoms with Gasteiger partial charge in [0, 0.05) is 50.0 Å². The van der Waals surface area contributed by atoms with Crippen LogP contribution in [-0.4, -0.2) is 45.7 Å². The van der Waals surface area contributed by atoms with Crippen molar-refractivity contribution in [2.45, 2.75) is 31.7 Å². The molecule has 1 aliphatic heterocycles. The fourth-order valence-electron chi connectivity index (χ4n) is 4.16. The minimum Gasteiger partial charge on any atom is -0.368 e. The second kappa shape index (κ2) is 7.15. The number of aromatic nitrogens is 4. The molecule has 27 heavy (non-hydrogen) atoms. The van der Waals surface area contributed by atoms with E-state index < -0.39 is 0 Å². The maximum Gasteiger partial charge on any atom is 0.230 e. The van der Waals surface area contributed by atoms with E-state index in [4.69, 9.17) is 4.98 Å². The summed E-state index contributed by atoms with van der Waals surface area (Å²) in [7, 11) is 0. The van der Waals surface area contributed by atoms with Crippen molar-refractivity contribution >= 4 is 28.5 Å². The van der Waals surface area contributed by atoms with Crippen molar-refractivity contribution in [1.29, 1.82) is 0 Å². The maximum atomic E-state index is 4.77. The highest BCUT2D eigenvalue weighted by molar-refractivity contribution is 5.77. The molecule has 1 aliphatic carbocycles. The minimum absolute atomic E-state index is 0.571. The number of fused-ring (bicyclic) bond motifs is 1. The molecule has 2 N–H and O–H groups in total. The number of rotatable bonds is 4. The smallest absolute Gasteiger partial charge is 0.230 e. The first-order chi connectivity index (χ1) is 13.4. The van der Waals surface area contributed by atoms with Crippen LogP contribution in [0.2, 0.25) is 0 Å². The van der Waals surface area contributed by atoms with E-state index in [-0.39, 0.29) is 0 Å². The number of pyridine rings is 1. The van der Waals surface area contributed by atoms with E-state index in [1.54, 1.807) is 0 Å². The molecule has 7 nitrogen and oxygen atoms in total. The van der Waals surface area contributed by atoms with Gasteiger partial charge in [-0.25, -0.2) is 9.97 Å². The first kappa shape index (κ1) is 16.5. The number of hydrogen-bond donors (Lipinski definition) is 2. The molecule has 0 spiro atoms. The quantitative estimate of drug-likeness (QED) is 0.742. The second-order valence-corrected chi connectivity index (χ2v) is 7.40. The lowest BCUT2D eigenvalue weighted by Crippen LogP contribution is -2.43. The van der Waals surface area contributed by atoms with E-state index in [0.29, 0.717) is 12.0 Å². The predicted octanol–water partition coefficient (Wildman–Crippen LogP) is 3.09. The Hall–Kier alpha value is -2.67. The van der Waals surface area contributed by atoms with Crippen molar-refractivity contribution in [3.8, 4) is 0 Å². The Kier molecular flexibility index (Phi) is 4.37. The van der Waals surface area contributed by atoms with Crippen molar-refractivity contribution in [3.63, 3.8) is 0 Å². The van der Waals surface area contributed by atoms with Gasteiger partial charge >= 0.3 is 0 Å². The van der Waals surface area contributed by atoms with E-state index in [2.05, 4.69) is 48.4 Å². The van der Waals surface area contributed by atoms with Gasteiger partial charge in [-0.05, 0) is 31.0 Å². The molecule has 0 unspecified atom stereocenters. The van der Waals surface area contributed by atoms with Crippen LogP contribution < -0.4 is 15.5 Å². The summed E-state index contributed by atoms with van der Waals surface area (Å²) in [6.45, 7) is 4.09. The molecule has 0 bridgehead atoms. The topological polar surface area (TPSA) is 70.9 Å². The van der Waals surface area contributed by atoms with Gasteiger partial charge in [0.15, 0.2) is 0 Å². The van der Waals surface area contributed by atoms with Crippen LogP contribution in [0.4, 0.5) is 17.5 Å². The SMILES string of the molecule is c1cc(Nc2ncc3ccn(C4CCCC4)c3n2)ncc1N1CCNCC1. The first-order valence-electron chi connectivity index (χ1n) is 9.89. The third kappa shape index (κ3) is 3.35. The Bertz CT molecular complexity index is 906. The summed E-state index contributed by atoms with van der Waals surface area (Å²) >= 11 is 0. The van der Waals surface area contributed by atoms with Crippen LogP contribution in [0.15, 0.2) is 36.8 Å². The van der Waals surface area contributed by atoms with E-state index in [0.717, 1.165) is 48.7 Å². The van der Waals surface area contributed by atoms with E-state index in [1.807, 2.05) is 18.5 Å². The molecule has 2 fully saturated rings. The lowest BCUT2D eigenvalue weighted by Gasteiger charge is -2.29.